The van der Waals surface area contributed by atoms with Crippen LogP contribution in [0.15, 0.2) is 97.1 Å². The second kappa shape index (κ2) is 11.9. The first kappa shape index (κ1) is 26.2. The molecule has 0 aliphatic carbocycles. The lowest BCUT2D eigenvalue weighted by Crippen LogP contribution is -2.45. The van der Waals surface area contributed by atoms with Gasteiger partial charge in [0, 0.05) is 6.54 Å². The average molecular weight is 524 g/mol. The van der Waals surface area contributed by atoms with Gasteiger partial charge < -0.3 is 23.8 Å². The molecule has 6 nitrogen and oxygen atoms in total. The van der Waals surface area contributed by atoms with Crippen molar-refractivity contribution in [3.8, 4) is 23.0 Å². The standard InChI is InChI=1S/C33H33NO5/c1-36-26-14-16-27(17-15-26)39-22-29-28-21-31(38-3)30(37-2)20-25(28)18-19-34(29)33(35)32(23-10-6-4-7-11-23)24-12-8-5-9-13-24/h4-17,20-21,29,32H,18-19,22H2,1-3H3. The SMILES string of the molecule is COc1ccc(OCC2c3cc(OC)c(OC)cc3CCN2C(=O)C(c2ccccc2)c2ccccc2)cc1. The Balaban J connectivity index is 1.54. The van der Waals surface area contributed by atoms with E-state index in [9.17, 15) is 4.79 Å². The molecule has 0 saturated carbocycles. The Morgan fingerprint density at radius 2 is 1.33 bits per heavy atom. The van der Waals surface area contributed by atoms with E-state index in [0.29, 0.717) is 30.2 Å². The number of ether oxygens (including phenoxy) is 4. The van der Waals surface area contributed by atoms with Gasteiger partial charge in [0.2, 0.25) is 5.91 Å². The van der Waals surface area contributed by atoms with Crippen molar-refractivity contribution in [2.45, 2.75) is 18.4 Å². The maximum Gasteiger partial charge on any atom is 0.235 e. The molecule has 39 heavy (non-hydrogen) atoms. The van der Waals surface area contributed by atoms with Gasteiger partial charge in [-0.15, -0.1) is 0 Å². The molecule has 5 rings (SSSR count). The van der Waals surface area contributed by atoms with E-state index in [1.807, 2.05) is 102 Å². The van der Waals surface area contributed by atoms with Crippen LogP contribution in [0.4, 0.5) is 0 Å². The number of rotatable bonds is 9. The third-order valence-corrected chi connectivity index (χ3v) is 7.27. The zero-order valence-electron chi connectivity index (χ0n) is 22.5. The summed E-state index contributed by atoms with van der Waals surface area (Å²) in [5, 5.41) is 0. The van der Waals surface area contributed by atoms with Crippen molar-refractivity contribution >= 4 is 5.91 Å². The van der Waals surface area contributed by atoms with Gasteiger partial charge in [0.15, 0.2) is 11.5 Å². The molecule has 0 spiro atoms. The highest BCUT2D eigenvalue weighted by Gasteiger charge is 2.37. The Labute approximate surface area is 229 Å². The van der Waals surface area contributed by atoms with E-state index in [1.165, 1.54) is 0 Å². The van der Waals surface area contributed by atoms with Gasteiger partial charge in [-0.1, -0.05) is 60.7 Å². The van der Waals surface area contributed by atoms with Crippen molar-refractivity contribution < 1.29 is 23.7 Å². The fourth-order valence-corrected chi connectivity index (χ4v) is 5.25. The van der Waals surface area contributed by atoms with Gasteiger partial charge in [-0.05, 0) is 65.1 Å². The van der Waals surface area contributed by atoms with Crippen LogP contribution >= 0.6 is 0 Å². The molecule has 1 atom stereocenters. The Morgan fingerprint density at radius 3 is 1.90 bits per heavy atom. The zero-order valence-corrected chi connectivity index (χ0v) is 22.5. The molecule has 0 fully saturated rings. The number of fused-ring (bicyclic) bond motifs is 1. The van der Waals surface area contributed by atoms with Crippen LogP contribution in [0.25, 0.3) is 0 Å². The van der Waals surface area contributed by atoms with E-state index < -0.39 is 5.92 Å². The number of nitrogens with zero attached hydrogens (tertiary/aromatic N) is 1. The Morgan fingerprint density at radius 1 is 0.769 bits per heavy atom. The Kier molecular flexibility index (Phi) is 8.02. The van der Waals surface area contributed by atoms with Crippen LogP contribution < -0.4 is 18.9 Å². The number of benzene rings is 4. The van der Waals surface area contributed by atoms with E-state index in [-0.39, 0.29) is 18.6 Å². The summed E-state index contributed by atoms with van der Waals surface area (Å²) >= 11 is 0. The number of methoxy groups -OCH3 is 3. The van der Waals surface area contributed by atoms with Crippen LogP contribution in [0.5, 0.6) is 23.0 Å². The van der Waals surface area contributed by atoms with Crippen LogP contribution in [-0.2, 0) is 11.2 Å². The molecule has 4 aromatic carbocycles. The highest BCUT2D eigenvalue weighted by molar-refractivity contribution is 5.88. The van der Waals surface area contributed by atoms with Crippen LogP contribution in [0, 0.1) is 0 Å². The van der Waals surface area contributed by atoms with Crippen molar-refractivity contribution in [2.75, 3.05) is 34.5 Å². The lowest BCUT2D eigenvalue weighted by Gasteiger charge is -2.39. The topological polar surface area (TPSA) is 57.2 Å². The largest absolute Gasteiger partial charge is 0.497 e. The summed E-state index contributed by atoms with van der Waals surface area (Å²) in [5.74, 6) is 2.37. The fraction of sp³-hybridized carbons (Fsp3) is 0.242. The Hall–Kier alpha value is -4.45. The van der Waals surface area contributed by atoms with Crippen LogP contribution in [0.3, 0.4) is 0 Å². The number of carbonyl (C=O) groups excluding carboxylic acids is 1. The third-order valence-electron chi connectivity index (χ3n) is 7.27. The first-order valence-electron chi connectivity index (χ1n) is 13.0. The zero-order chi connectivity index (χ0) is 27.2. The number of hydrogen-bond acceptors (Lipinski definition) is 5. The van der Waals surface area contributed by atoms with Crippen molar-refractivity contribution in [1.82, 2.24) is 4.90 Å². The molecular formula is C33H33NO5. The molecule has 1 amide bonds. The maximum absolute atomic E-state index is 14.5. The van der Waals surface area contributed by atoms with Crippen LogP contribution in [0.2, 0.25) is 0 Å². The second-order valence-corrected chi connectivity index (χ2v) is 9.44. The summed E-state index contributed by atoms with van der Waals surface area (Å²) in [6, 6.07) is 31.1. The van der Waals surface area contributed by atoms with Crippen molar-refractivity contribution in [2.24, 2.45) is 0 Å². The van der Waals surface area contributed by atoms with Gasteiger partial charge in [0.05, 0.1) is 33.3 Å². The molecule has 1 aliphatic rings. The first-order valence-corrected chi connectivity index (χ1v) is 13.0. The van der Waals surface area contributed by atoms with E-state index in [4.69, 9.17) is 18.9 Å². The highest BCUT2D eigenvalue weighted by Crippen LogP contribution is 2.40. The fourth-order valence-electron chi connectivity index (χ4n) is 5.25. The molecule has 1 aliphatic heterocycles. The van der Waals surface area contributed by atoms with Gasteiger partial charge in [-0.3, -0.25) is 4.79 Å². The monoisotopic (exact) mass is 523 g/mol. The summed E-state index contributed by atoms with van der Waals surface area (Å²) < 4.78 is 22.8. The normalized spacial score (nSPS) is 14.5. The molecular weight excluding hydrogens is 490 g/mol. The summed E-state index contributed by atoms with van der Waals surface area (Å²) in [4.78, 5) is 16.5. The lowest BCUT2D eigenvalue weighted by atomic mass is 9.86. The van der Waals surface area contributed by atoms with E-state index in [0.717, 1.165) is 28.0 Å². The van der Waals surface area contributed by atoms with E-state index in [2.05, 4.69) is 0 Å². The van der Waals surface area contributed by atoms with Crippen molar-refractivity contribution in [1.29, 1.82) is 0 Å². The highest BCUT2D eigenvalue weighted by atomic mass is 16.5. The van der Waals surface area contributed by atoms with Gasteiger partial charge in [0.1, 0.15) is 18.1 Å². The van der Waals surface area contributed by atoms with Crippen LogP contribution in [0.1, 0.15) is 34.2 Å². The first-order chi connectivity index (χ1) is 19.1. The molecule has 4 aromatic rings. The van der Waals surface area contributed by atoms with Crippen LogP contribution in [-0.4, -0.2) is 45.3 Å². The Bertz CT molecular complexity index is 1350. The van der Waals surface area contributed by atoms with E-state index in [1.54, 1.807) is 21.3 Å². The van der Waals surface area contributed by atoms with Crippen molar-refractivity contribution in [3.05, 3.63) is 119 Å². The molecule has 0 aromatic heterocycles. The molecule has 0 radical (unpaired) electrons. The minimum atomic E-state index is -0.433. The molecule has 6 heteroatoms. The summed E-state index contributed by atoms with van der Waals surface area (Å²) in [7, 11) is 4.90. The lowest BCUT2D eigenvalue weighted by molar-refractivity contribution is -0.135. The van der Waals surface area contributed by atoms with Gasteiger partial charge in [0.25, 0.3) is 0 Å². The molecule has 200 valence electrons. The van der Waals surface area contributed by atoms with Gasteiger partial charge in [-0.2, -0.15) is 0 Å². The van der Waals surface area contributed by atoms with Gasteiger partial charge >= 0.3 is 0 Å². The maximum atomic E-state index is 14.5. The van der Waals surface area contributed by atoms with Crippen molar-refractivity contribution in [3.63, 3.8) is 0 Å². The number of carbonyl (C=O) groups is 1. The smallest absolute Gasteiger partial charge is 0.235 e. The van der Waals surface area contributed by atoms with E-state index >= 15 is 0 Å². The summed E-state index contributed by atoms with van der Waals surface area (Å²) in [5.41, 5.74) is 4.04. The average Bonchev–Trinajstić information content (AvgIpc) is 3.00. The quantitative estimate of drug-likeness (QED) is 0.267. The predicted molar refractivity (Wildman–Crippen MR) is 151 cm³/mol. The summed E-state index contributed by atoms with van der Waals surface area (Å²) in [6.07, 6.45) is 0.705. The molecule has 0 saturated heterocycles. The molecule has 1 heterocycles. The molecule has 0 N–H and O–H groups in total. The molecule has 0 bridgehead atoms. The number of hydrogen-bond donors (Lipinski definition) is 0. The minimum Gasteiger partial charge on any atom is -0.497 e. The number of amides is 1. The second-order valence-electron chi connectivity index (χ2n) is 9.44. The summed E-state index contributed by atoms with van der Waals surface area (Å²) in [6.45, 7) is 0.852. The minimum absolute atomic E-state index is 0.0381. The third kappa shape index (κ3) is 5.55. The van der Waals surface area contributed by atoms with Gasteiger partial charge in [-0.25, -0.2) is 0 Å². The predicted octanol–water partition coefficient (Wildman–Crippen LogP) is 6.05. The molecule has 1 unspecified atom stereocenters.